The largest absolute Gasteiger partial charge is 0.336 e. The highest BCUT2D eigenvalue weighted by molar-refractivity contribution is 9.10. The Kier molecular flexibility index (Phi) is 4.99. The van der Waals surface area contributed by atoms with Crippen LogP contribution in [-0.4, -0.2) is 48.4 Å². The lowest BCUT2D eigenvalue weighted by molar-refractivity contribution is 0.0637. The van der Waals surface area contributed by atoms with Crippen molar-refractivity contribution in [3.63, 3.8) is 0 Å². The Hall–Kier alpha value is -0.870. The smallest absolute Gasteiger partial charge is 0.253 e. The molecule has 1 heterocycles. The van der Waals surface area contributed by atoms with Crippen LogP contribution in [0.5, 0.6) is 0 Å². The van der Waals surface area contributed by atoms with E-state index in [-0.39, 0.29) is 5.91 Å². The van der Waals surface area contributed by atoms with Gasteiger partial charge in [0, 0.05) is 36.2 Å². The van der Waals surface area contributed by atoms with Crippen LogP contribution < -0.4 is 0 Å². The first-order valence-corrected chi connectivity index (χ1v) is 7.69. The Bertz CT molecular complexity index is 453. The number of nitrogens with zero attached hydrogens (tertiary/aromatic N) is 2. The van der Waals surface area contributed by atoms with E-state index in [9.17, 15) is 4.79 Å². The summed E-state index contributed by atoms with van der Waals surface area (Å²) in [4.78, 5) is 16.8. The molecule has 1 aliphatic rings. The molecule has 2 rings (SSSR count). The summed E-state index contributed by atoms with van der Waals surface area (Å²) in [5.41, 5.74) is 1.90. The van der Waals surface area contributed by atoms with Crippen LogP contribution in [0.3, 0.4) is 0 Å². The predicted molar refractivity (Wildman–Crippen MR) is 81.5 cm³/mol. The van der Waals surface area contributed by atoms with Gasteiger partial charge < -0.3 is 4.90 Å². The van der Waals surface area contributed by atoms with E-state index in [1.54, 1.807) is 0 Å². The van der Waals surface area contributed by atoms with Gasteiger partial charge in [-0.05, 0) is 43.7 Å². The van der Waals surface area contributed by atoms with Crippen molar-refractivity contribution < 1.29 is 4.79 Å². The number of hydrogen-bond donors (Lipinski definition) is 0. The summed E-state index contributed by atoms with van der Waals surface area (Å²) in [6, 6.07) is 5.82. The van der Waals surface area contributed by atoms with Gasteiger partial charge in [-0.2, -0.15) is 0 Å². The second-order valence-corrected chi connectivity index (χ2v) is 5.95. The second kappa shape index (κ2) is 6.53. The molecule has 1 aromatic carbocycles. The van der Waals surface area contributed by atoms with E-state index in [1.807, 2.05) is 30.0 Å². The maximum Gasteiger partial charge on any atom is 0.253 e. The van der Waals surface area contributed by atoms with Crippen molar-refractivity contribution in [2.45, 2.75) is 20.3 Å². The van der Waals surface area contributed by atoms with E-state index in [4.69, 9.17) is 0 Å². The van der Waals surface area contributed by atoms with Crippen LogP contribution in [-0.2, 0) is 0 Å². The normalized spacial score (nSPS) is 16.7. The fourth-order valence-corrected chi connectivity index (χ4v) is 2.70. The lowest BCUT2D eigenvalue weighted by Gasteiger charge is -2.34. The Morgan fingerprint density at radius 2 is 1.95 bits per heavy atom. The average molecular weight is 325 g/mol. The van der Waals surface area contributed by atoms with E-state index in [0.29, 0.717) is 0 Å². The van der Waals surface area contributed by atoms with Gasteiger partial charge >= 0.3 is 0 Å². The third-order valence-corrected chi connectivity index (χ3v) is 4.49. The van der Waals surface area contributed by atoms with Gasteiger partial charge in [0.2, 0.25) is 0 Å². The molecule has 0 N–H and O–H groups in total. The molecule has 0 aliphatic carbocycles. The first-order chi connectivity index (χ1) is 9.11. The SMILES string of the molecule is CCCN1CCN(C(=O)c2ccc(Br)c(C)c2)CC1. The summed E-state index contributed by atoms with van der Waals surface area (Å²) in [6.07, 6.45) is 1.18. The minimum absolute atomic E-state index is 0.159. The third-order valence-electron chi connectivity index (χ3n) is 3.60. The molecular weight excluding hydrogens is 304 g/mol. The van der Waals surface area contributed by atoms with Crippen molar-refractivity contribution in [3.05, 3.63) is 33.8 Å². The maximum atomic E-state index is 12.4. The van der Waals surface area contributed by atoms with Crippen LogP contribution in [0.25, 0.3) is 0 Å². The molecule has 1 aromatic rings. The van der Waals surface area contributed by atoms with Crippen molar-refractivity contribution in [1.29, 1.82) is 0 Å². The van der Waals surface area contributed by atoms with Gasteiger partial charge in [-0.1, -0.05) is 22.9 Å². The number of aryl methyl sites for hydroxylation is 1. The Morgan fingerprint density at radius 1 is 1.26 bits per heavy atom. The zero-order chi connectivity index (χ0) is 13.8. The molecule has 19 heavy (non-hydrogen) atoms. The average Bonchev–Trinajstić information content (AvgIpc) is 2.42. The number of piperazine rings is 1. The van der Waals surface area contributed by atoms with E-state index in [1.165, 1.54) is 6.42 Å². The second-order valence-electron chi connectivity index (χ2n) is 5.10. The van der Waals surface area contributed by atoms with Crippen molar-refractivity contribution in [2.24, 2.45) is 0 Å². The van der Waals surface area contributed by atoms with Crippen LogP contribution in [0, 0.1) is 6.92 Å². The third kappa shape index (κ3) is 3.57. The number of carbonyl (C=O) groups is 1. The molecule has 0 bridgehead atoms. The summed E-state index contributed by atoms with van der Waals surface area (Å²) in [5, 5.41) is 0. The molecule has 0 aromatic heterocycles. The minimum Gasteiger partial charge on any atom is -0.336 e. The first kappa shape index (κ1) is 14.5. The molecule has 0 spiro atoms. The summed E-state index contributed by atoms with van der Waals surface area (Å²) >= 11 is 3.47. The predicted octanol–water partition coefficient (Wildman–Crippen LogP) is 2.93. The lowest BCUT2D eigenvalue weighted by Crippen LogP contribution is -2.48. The number of hydrogen-bond acceptors (Lipinski definition) is 2. The molecule has 1 aliphatic heterocycles. The van der Waals surface area contributed by atoms with E-state index in [2.05, 4.69) is 27.8 Å². The van der Waals surface area contributed by atoms with Gasteiger partial charge in [0.15, 0.2) is 0 Å². The summed E-state index contributed by atoms with van der Waals surface area (Å²) in [5.74, 6) is 0.159. The molecule has 0 radical (unpaired) electrons. The van der Waals surface area contributed by atoms with Crippen molar-refractivity contribution in [1.82, 2.24) is 9.80 Å². The lowest BCUT2D eigenvalue weighted by atomic mass is 10.1. The monoisotopic (exact) mass is 324 g/mol. The molecule has 1 saturated heterocycles. The summed E-state index contributed by atoms with van der Waals surface area (Å²) in [7, 11) is 0. The number of rotatable bonds is 3. The topological polar surface area (TPSA) is 23.6 Å². The van der Waals surface area contributed by atoms with Gasteiger partial charge in [-0.25, -0.2) is 0 Å². The van der Waals surface area contributed by atoms with Gasteiger partial charge in [-0.3, -0.25) is 9.69 Å². The molecule has 0 atom stereocenters. The van der Waals surface area contributed by atoms with E-state index in [0.717, 1.165) is 48.3 Å². The number of benzene rings is 1. The summed E-state index contributed by atoms with van der Waals surface area (Å²) in [6.45, 7) is 9.02. The number of halogens is 1. The summed E-state index contributed by atoms with van der Waals surface area (Å²) < 4.78 is 1.05. The maximum absolute atomic E-state index is 12.4. The Balaban J connectivity index is 1.99. The highest BCUT2D eigenvalue weighted by Gasteiger charge is 2.21. The molecule has 1 amide bonds. The van der Waals surface area contributed by atoms with Gasteiger partial charge in [0.25, 0.3) is 5.91 Å². The van der Waals surface area contributed by atoms with Crippen molar-refractivity contribution >= 4 is 21.8 Å². The highest BCUT2D eigenvalue weighted by Crippen LogP contribution is 2.18. The minimum atomic E-state index is 0.159. The van der Waals surface area contributed by atoms with Crippen LogP contribution in [0.2, 0.25) is 0 Å². The van der Waals surface area contributed by atoms with Crippen LogP contribution >= 0.6 is 15.9 Å². The zero-order valence-electron chi connectivity index (χ0n) is 11.7. The van der Waals surface area contributed by atoms with E-state index < -0.39 is 0 Å². The number of amides is 1. The molecular formula is C15H21BrN2O. The van der Waals surface area contributed by atoms with Crippen molar-refractivity contribution in [3.8, 4) is 0 Å². The Labute approximate surface area is 123 Å². The van der Waals surface area contributed by atoms with Crippen LogP contribution in [0.15, 0.2) is 22.7 Å². The van der Waals surface area contributed by atoms with Gasteiger partial charge in [-0.15, -0.1) is 0 Å². The van der Waals surface area contributed by atoms with Crippen LogP contribution in [0.4, 0.5) is 0 Å². The van der Waals surface area contributed by atoms with E-state index >= 15 is 0 Å². The van der Waals surface area contributed by atoms with Crippen molar-refractivity contribution in [2.75, 3.05) is 32.7 Å². The molecule has 0 unspecified atom stereocenters. The fourth-order valence-electron chi connectivity index (χ4n) is 2.45. The van der Waals surface area contributed by atoms with Gasteiger partial charge in [0.1, 0.15) is 0 Å². The number of carbonyl (C=O) groups excluding carboxylic acids is 1. The zero-order valence-corrected chi connectivity index (χ0v) is 13.2. The first-order valence-electron chi connectivity index (χ1n) is 6.89. The molecule has 104 valence electrons. The fraction of sp³-hybridized carbons (Fsp3) is 0.533. The molecule has 3 nitrogen and oxygen atoms in total. The standard InChI is InChI=1S/C15H21BrN2O/c1-3-6-17-7-9-18(10-8-17)15(19)13-4-5-14(16)12(2)11-13/h4-5,11H,3,6-10H2,1-2H3. The molecule has 1 fully saturated rings. The van der Waals surface area contributed by atoms with Crippen LogP contribution in [0.1, 0.15) is 29.3 Å². The Morgan fingerprint density at radius 3 is 2.53 bits per heavy atom. The quantitative estimate of drug-likeness (QED) is 0.853. The molecule has 0 saturated carbocycles. The molecule has 4 heteroatoms. The highest BCUT2D eigenvalue weighted by atomic mass is 79.9. The van der Waals surface area contributed by atoms with Gasteiger partial charge in [0.05, 0.1) is 0 Å².